The van der Waals surface area contributed by atoms with E-state index in [1.807, 2.05) is 18.2 Å². The van der Waals surface area contributed by atoms with E-state index in [0.717, 1.165) is 11.8 Å². The van der Waals surface area contributed by atoms with Gasteiger partial charge in [0.15, 0.2) is 9.84 Å². The summed E-state index contributed by atoms with van der Waals surface area (Å²) in [6.45, 7) is 5.84. The second-order valence-electron chi connectivity index (χ2n) is 8.53. The van der Waals surface area contributed by atoms with Gasteiger partial charge in [0.2, 0.25) is 0 Å². The Labute approximate surface area is 233 Å². The third-order valence-electron chi connectivity index (χ3n) is 5.63. The highest BCUT2D eigenvalue weighted by molar-refractivity contribution is 7.91. The average molecular weight is 578 g/mol. The van der Waals surface area contributed by atoms with Gasteiger partial charge in [0, 0.05) is 22.5 Å². The molecule has 0 aliphatic rings. The normalized spacial score (nSPS) is 13.3. The number of nitrogens with one attached hydrogen (secondary N) is 2. The largest absolute Gasteiger partial charge is 0.456 e. The topological polar surface area (TPSA) is 113 Å². The first-order chi connectivity index (χ1) is 18.1. The van der Waals surface area contributed by atoms with Crippen molar-refractivity contribution in [2.24, 2.45) is 0 Å². The van der Waals surface area contributed by atoms with Crippen LogP contribution in [0.4, 0.5) is 11.5 Å². The Morgan fingerprint density at radius 1 is 1.18 bits per heavy atom. The van der Waals surface area contributed by atoms with Crippen LogP contribution in [0.1, 0.15) is 31.0 Å². The molecule has 1 heterocycles. The standard InChI is InChI=1S/C27H30Cl2N4O4S/c1-4-22-24(11-6-5-7-14-30-27(34)18(2)38(3,35)36)31-17-32-26(22)33-20-12-13-25(23(29)16-20)37-21-10-8-9-19(28)15-21/h4,6,8-13,15-18,27,30,34H,1,5,7,14H2,2-3H3,(H,31,32,33). The van der Waals surface area contributed by atoms with E-state index >= 15 is 0 Å². The van der Waals surface area contributed by atoms with E-state index in [4.69, 9.17) is 27.9 Å². The Balaban J connectivity index is 1.60. The zero-order valence-corrected chi connectivity index (χ0v) is 23.4. The lowest BCUT2D eigenvalue weighted by Crippen LogP contribution is -2.42. The van der Waals surface area contributed by atoms with Crippen LogP contribution in [-0.2, 0) is 9.84 Å². The number of allylic oxidation sites excluding steroid dienone is 1. The Hall–Kier alpha value is -2.95. The first-order valence-electron chi connectivity index (χ1n) is 11.8. The molecule has 0 bridgehead atoms. The number of hydrogen-bond donors (Lipinski definition) is 3. The Morgan fingerprint density at radius 2 is 1.97 bits per heavy atom. The summed E-state index contributed by atoms with van der Waals surface area (Å²) in [5.74, 6) is 1.63. The molecular weight excluding hydrogens is 547 g/mol. The zero-order valence-electron chi connectivity index (χ0n) is 21.1. The zero-order chi connectivity index (χ0) is 27.7. The second-order valence-corrected chi connectivity index (χ2v) is 11.8. The highest BCUT2D eigenvalue weighted by atomic mass is 35.5. The van der Waals surface area contributed by atoms with Crippen molar-refractivity contribution in [2.45, 2.75) is 31.2 Å². The molecule has 0 saturated heterocycles. The first kappa shape index (κ1) is 29.6. The van der Waals surface area contributed by atoms with Crippen molar-refractivity contribution < 1.29 is 18.3 Å². The number of benzene rings is 2. The maximum Gasteiger partial charge on any atom is 0.153 e. The van der Waals surface area contributed by atoms with Gasteiger partial charge in [0.05, 0.1) is 16.0 Å². The second kappa shape index (κ2) is 13.7. The van der Waals surface area contributed by atoms with E-state index in [-0.39, 0.29) is 0 Å². The lowest BCUT2D eigenvalue weighted by atomic mass is 10.1. The SMILES string of the molecule is C=Cc1c(C=CCCCNC(O)C(C)S(C)(=O)=O)ncnc1Nc1ccc(Oc2cccc(Cl)c2)c(Cl)c1. The summed E-state index contributed by atoms with van der Waals surface area (Å²) in [4.78, 5) is 8.69. The van der Waals surface area contributed by atoms with Crippen molar-refractivity contribution in [1.29, 1.82) is 0 Å². The molecule has 0 aliphatic heterocycles. The van der Waals surface area contributed by atoms with Gasteiger partial charge in [-0.15, -0.1) is 0 Å². The summed E-state index contributed by atoms with van der Waals surface area (Å²) in [5, 5.41) is 16.1. The van der Waals surface area contributed by atoms with E-state index in [9.17, 15) is 13.5 Å². The lowest BCUT2D eigenvalue weighted by molar-refractivity contribution is 0.136. The van der Waals surface area contributed by atoms with E-state index in [1.54, 1.807) is 42.5 Å². The van der Waals surface area contributed by atoms with Crippen molar-refractivity contribution >= 4 is 56.7 Å². The molecule has 3 rings (SSSR count). The monoisotopic (exact) mass is 576 g/mol. The van der Waals surface area contributed by atoms with Crippen molar-refractivity contribution in [3.05, 3.63) is 82.7 Å². The van der Waals surface area contributed by atoms with Crippen LogP contribution in [0.5, 0.6) is 11.5 Å². The van der Waals surface area contributed by atoms with Gasteiger partial charge >= 0.3 is 0 Å². The number of aromatic nitrogens is 2. The summed E-state index contributed by atoms with van der Waals surface area (Å²) in [7, 11) is -3.31. The van der Waals surface area contributed by atoms with Crippen LogP contribution in [0.15, 0.2) is 61.4 Å². The van der Waals surface area contributed by atoms with Gasteiger partial charge in [-0.25, -0.2) is 18.4 Å². The fourth-order valence-electron chi connectivity index (χ4n) is 3.36. The van der Waals surface area contributed by atoms with E-state index in [0.29, 0.717) is 58.1 Å². The van der Waals surface area contributed by atoms with E-state index < -0.39 is 21.3 Å². The van der Waals surface area contributed by atoms with E-state index in [2.05, 4.69) is 27.2 Å². The quantitative estimate of drug-likeness (QED) is 0.165. The maximum absolute atomic E-state index is 11.5. The third kappa shape index (κ3) is 8.54. The number of sulfone groups is 1. The minimum atomic E-state index is -3.31. The molecule has 0 fully saturated rings. The van der Waals surface area contributed by atoms with Gasteiger partial charge in [0.1, 0.15) is 29.9 Å². The molecule has 2 unspecified atom stereocenters. The Bertz CT molecular complexity index is 1400. The highest BCUT2D eigenvalue weighted by Gasteiger charge is 2.23. The van der Waals surface area contributed by atoms with Crippen LogP contribution in [0.3, 0.4) is 0 Å². The predicted octanol–water partition coefficient (Wildman–Crippen LogP) is 6.10. The summed E-state index contributed by atoms with van der Waals surface area (Å²) in [5.41, 5.74) is 2.11. The Kier molecular flexibility index (Phi) is 10.7. The van der Waals surface area contributed by atoms with Gasteiger partial charge in [0.25, 0.3) is 0 Å². The number of ether oxygens (including phenoxy) is 1. The summed E-state index contributed by atoms with van der Waals surface area (Å²) < 4.78 is 28.9. The first-order valence-corrected chi connectivity index (χ1v) is 14.5. The number of unbranched alkanes of at least 4 members (excludes halogenated alkanes) is 1. The fourth-order valence-corrected chi connectivity index (χ4v) is 4.33. The highest BCUT2D eigenvalue weighted by Crippen LogP contribution is 2.33. The Morgan fingerprint density at radius 3 is 2.66 bits per heavy atom. The molecule has 2 atom stereocenters. The minimum absolute atomic E-state index is 0.411. The van der Waals surface area contributed by atoms with Crippen molar-refractivity contribution in [3.8, 4) is 11.5 Å². The molecule has 2 aromatic carbocycles. The van der Waals surface area contributed by atoms with Crippen molar-refractivity contribution in [3.63, 3.8) is 0 Å². The molecule has 38 heavy (non-hydrogen) atoms. The molecule has 0 radical (unpaired) electrons. The summed E-state index contributed by atoms with van der Waals surface area (Å²) >= 11 is 12.5. The smallest absolute Gasteiger partial charge is 0.153 e. The van der Waals surface area contributed by atoms with Crippen molar-refractivity contribution in [2.75, 3.05) is 18.1 Å². The maximum atomic E-state index is 11.5. The molecule has 11 heteroatoms. The molecule has 1 aromatic heterocycles. The average Bonchev–Trinajstić information content (AvgIpc) is 2.86. The summed E-state index contributed by atoms with van der Waals surface area (Å²) in [6, 6.07) is 12.4. The fraction of sp³-hybridized carbons (Fsp3) is 0.259. The summed E-state index contributed by atoms with van der Waals surface area (Å²) in [6.07, 6.45) is 8.34. The van der Waals surface area contributed by atoms with Crippen molar-refractivity contribution in [1.82, 2.24) is 15.3 Å². The van der Waals surface area contributed by atoms with Gasteiger partial charge in [-0.05, 0) is 68.8 Å². The van der Waals surface area contributed by atoms with Crippen LogP contribution in [0.2, 0.25) is 10.0 Å². The van der Waals surface area contributed by atoms with Crippen LogP contribution < -0.4 is 15.4 Å². The molecule has 0 spiro atoms. The van der Waals surface area contributed by atoms with Gasteiger partial charge in [-0.2, -0.15) is 0 Å². The number of anilines is 2. The van der Waals surface area contributed by atoms with Crippen LogP contribution in [0.25, 0.3) is 12.2 Å². The van der Waals surface area contributed by atoms with Crippen LogP contribution >= 0.6 is 23.2 Å². The molecule has 0 saturated carbocycles. The molecular formula is C27H30Cl2N4O4S. The number of halogens is 2. The molecule has 0 amide bonds. The van der Waals surface area contributed by atoms with Gasteiger partial charge in [-0.1, -0.05) is 48.0 Å². The molecule has 8 nitrogen and oxygen atoms in total. The molecule has 0 aliphatic carbocycles. The molecule has 202 valence electrons. The predicted molar refractivity (Wildman–Crippen MR) is 155 cm³/mol. The van der Waals surface area contributed by atoms with Gasteiger partial charge < -0.3 is 15.2 Å². The number of aliphatic hydroxyl groups excluding tert-OH is 1. The lowest BCUT2D eigenvalue weighted by Gasteiger charge is -2.18. The van der Waals surface area contributed by atoms with E-state index in [1.165, 1.54) is 13.3 Å². The molecule has 3 aromatic rings. The number of hydrogen-bond acceptors (Lipinski definition) is 8. The minimum Gasteiger partial charge on any atom is -0.456 e. The number of aliphatic hydroxyl groups is 1. The third-order valence-corrected chi connectivity index (χ3v) is 7.77. The number of nitrogens with zero attached hydrogens (tertiary/aromatic N) is 2. The molecule has 3 N–H and O–H groups in total. The van der Waals surface area contributed by atoms with Crippen LogP contribution in [-0.4, -0.2) is 47.8 Å². The van der Waals surface area contributed by atoms with Gasteiger partial charge in [-0.3, -0.25) is 5.32 Å². The number of rotatable bonds is 13. The van der Waals surface area contributed by atoms with Crippen LogP contribution in [0, 0.1) is 0 Å².